The molecule has 0 bridgehead atoms. The molecule has 0 aromatic carbocycles. The first-order chi connectivity index (χ1) is 9.76. The average molecular weight is 276 g/mol. The maximum absolute atomic E-state index is 5.39. The highest BCUT2D eigenvalue weighted by Gasteiger charge is 2.09. The normalized spacial score (nSPS) is 10.8. The number of hydrogen-bond acceptors (Lipinski definition) is 7. The summed E-state index contributed by atoms with van der Waals surface area (Å²) in [6.07, 6.45) is 7.28. The van der Waals surface area contributed by atoms with Gasteiger partial charge in [-0.05, 0) is 5.92 Å². The molecule has 108 valence electrons. The second-order valence-corrected chi connectivity index (χ2v) is 4.46. The van der Waals surface area contributed by atoms with Gasteiger partial charge in [-0.25, -0.2) is 10.8 Å². The van der Waals surface area contributed by atoms with Gasteiger partial charge in [0.2, 0.25) is 17.8 Å². The van der Waals surface area contributed by atoms with Crippen LogP contribution in [0.15, 0.2) is 18.7 Å². The maximum atomic E-state index is 5.39. The summed E-state index contributed by atoms with van der Waals surface area (Å²) in [4.78, 5) is 16.7. The summed E-state index contributed by atoms with van der Waals surface area (Å²) in [6.45, 7) is 5.17. The zero-order valence-corrected chi connectivity index (χ0v) is 11.7. The van der Waals surface area contributed by atoms with Crippen molar-refractivity contribution in [3.63, 3.8) is 0 Å². The summed E-state index contributed by atoms with van der Waals surface area (Å²) >= 11 is 0. The third-order valence-corrected chi connectivity index (χ3v) is 3.19. The molecule has 2 aromatic heterocycles. The van der Waals surface area contributed by atoms with E-state index in [1.807, 2.05) is 0 Å². The van der Waals surface area contributed by atoms with E-state index >= 15 is 0 Å². The monoisotopic (exact) mass is 276 g/mol. The third-order valence-electron chi connectivity index (χ3n) is 3.19. The Morgan fingerprint density at radius 2 is 1.95 bits per heavy atom. The van der Waals surface area contributed by atoms with Crippen molar-refractivity contribution in [3.8, 4) is 5.95 Å². The van der Waals surface area contributed by atoms with Crippen LogP contribution >= 0.6 is 0 Å². The molecule has 0 atom stereocenters. The first-order valence-corrected chi connectivity index (χ1v) is 6.71. The molecule has 2 heterocycles. The van der Waals surface area contributed by atoms with Gasteiger partial charge in [0.1, 0.15) is 6.33 Å². The average Bonchev–Trinajstić information content (AvgIpc) is 3.02. The molecule has 0 spiro atoms. The Bertz CT molecular complexity index is 520. The quantitative estimate of drug-likeness (QED) is 0.515. The van der Waals surface area contributed by atoms with E-state index in [2.05, 4.69) is 44.5 Å². The number of nitrogens with one attached hydrogen (secondary N) is 2. The smallest absolute Gasteiger partial charge is 0.243 e. The highest BCUT2D eigenvalue weighted by atomic mass is 15.4. The van der Waals surface area contributed by atoms with Crippen LogP contribution in [0.3, 0.4) is 0 Å². The molecule has 0 saturated heterocycles. The predicted molar refractivity (Wildman–Crippen MR) is 77.3 cm³/mol. The van der Waals surface area contributed by atoms with Gasteiger partial charge < -0.3 is 5.32 Å². The zero-order valence-electron chi connectivity index (χ0n) is 11.7. The van der Waals surface area contributed by atoms with Crippen LogP contribution in [0.2, 0.25) is 0 Å². The van der Waals surface area contributed by atoms with Crippen LogP contribution in [0.5, 0.6) is 0 Å². The lowest BCUT2D eigenvalue weighted by Gasteiger charge is -2.14. The van der Waals surface area contributed by atoms with Crippen molar-refractivity contribution in [1.29, 1.82) is 0 Å². The van der Waals surface area contributed by atoms with Crippen molar-refractivity contribution < 1.29 is 0 Å². The third kappa shape index (κ3) is 3.41. The number of nitrogens with zero attached hydrogens (tertiary/aromatic N) is 5. The van der Waals surface area contributed by atoms with Crippen molar-refractivity contribution >= 4 is 11.9 Å². The van der Waals surface area contributed by atoms with E-state index in [0.717, 1.165) is 19.4 Å². The molecule has 8 nitrogen and oxygen atoms in total. The SMILES string of the molecule is CCC(CC)CNc1nc(NN)nc(-n2ccnc2)n1. The van der Waals surface area contributed by atoms with E-state index in [1.54, 1.807) is 23.3 Å². The molecule has 0 saturated carbocycles. The zero-order chi connectivity index (χ0) is 14.4. The minimum Gasteiger partial charge on any atom is -0.354 e. The molecule has 2 aromatic rings. The lowest BCUT2D eigenvalue weighted by molar-refractivity contribution is 0.517. The van der Waals surface area contributed by atoms with Gasteiger partial charge >= 0.3 is 0 Å². The van der Waals surface area contributed by atoms with E-state index in [1.165, 1.54) is 0 Å². The van der Waals surface area contributed by atoms with Gasteiger partial charge in [-0.15, -0.1) is 0 Å². The Kier molecular flexibility index (Phi) is 4.83. The van der Waals surface area contributed by atoms with Crippen LogP contribution in [-0.4, -0.2) is 31.0 Å². The number of aromatic nitrogens is 5. The molecule has 20 heavy (non-hydrogen) atoms. The molecule has 8 heteroatoms. The molecular formula is C12H20N8. The Morgan fingerprint density at radius 3 is 2.55 bits per heavy atom. The standard InChI is InChI=1S/C12H20N8/c1-3-9(4-2)7-15-10-16-11(19-13)18-12(17-10)20-6-5-14-8-20/h5-6,8-9H,3-4,7,13H2,1-2H3,(H2,15,16,17,18,19). The van der Waals surface area contributed by atoms with Gasteiger partial charge in [-0.3, -0.25) is 9.99 Å². The topological polar surface area (TPSA) is 107 Å². The first-order valence-electron chi connectivity index (χ1n) is 6.71. The molecule has 0 radical (unpaired) electrons. The molecule has 0 aliphatic rings. The van der Waals surface area contributed by atoms with Crippen molar-refractivity contribution in [1.82, 2.24) is 24.5 Å². The number of hydrazine groups is 1. The minimum atomic E-state index is 0.316. The van der Waals surface area contributed by atoms with Crippen molar-refractivity contribution in [2.24, 2.45) is 11.8 Å². The fourth-order valence-corrected chi connectivity index (χ4v) is 1.81. The number of nitrogen functional groups attached to an aromatic ring is 1. The predicted octanol–water partition coefficient (Wildman–Crippen LogP) is 1.19. The van der Waals surface area contributed by atoms with Gasteiger partial charge in [0.05, 0.1) is 0 Å². The van der Waals surface area contributed by atoms with Crippen molar-refractivity contribution in [2.45, 2.75) is 26.7 Å². The molecule has 0 fully saturated rings. The van der Waals surface area contributed by atoms with Crippen LogP contribution in [0.1, 0.15) is 26.7 Å². The van der Waals surface area contributed by atoms with Gasteiger partial charge in [0.25, 0.3) is 0 Å². The highest BCUT2D eigenvalue weighted by molar-refractivity contribution is 5.37. The summed E-state index contributed by atoms with van der Waals surface area (Å²) in [6, 6.07) is 0. The number of rotatable bonds is 7. The molecule has 4 N–H and O–H groups in total. The molecule has 0 unspecified atom stereocenters. The van der Waals surface area contributed by atoms with E-state index < -0.39 is 0 Å². The van der Waals surface area contributed by atoms with E-state index in [9.17, 15) is 0 Å². The highest BCUT2D eigenvalue weighted by Crippen LogP contribution is 2.11. The second kappa shape index (κ2) is 6.80. The van der Waals surface area contributed by atoms with Gasteiger partial charge in [0, 0.05) is 18.9 Å². The number of anilines is 2. The van der Waals surface area contributed by atoms with Crippen LogP contribution in [0.4, 0.5) is 11.9 Å². The second-order valence-electron chi connectivity index (χ2n) is 4.46. The fourth-order valence-electron chi connectivity index (χ4n) is 1.81. The summed E-state index contributed by atoms with van der Waals surface area (Å²) in [7, 11) is 0. The first kappa shape index (κ1) is 14.2. The van der Waals surface area contributed by atoms with Crippen molar-refractivity contribution in [2.75, 3.05) is 17.3 Å². The van der Waals surface area contributed by atoms with Crippen molar-refractivity contribution in [3.05, 3.63) is 18.7 Å². The van der Waals surface area contributed by atoms with E-state index in [-0.39, 0.29) is 0 Å². The number of imidazole rings is 1. The van der Waals surface area contributed by atoms with Crippen LogP contribution in [-0.2, 0) is 0 Å². The molecule has 0 aliphatic carbocycles. The van der Waals surface area contributed by atoms with Crippen LogP contribution in [0.25, 0.3) is 5.95 Å². The maximum Gasteiger partial charge on any atom is 0.243 e. The van der Waals surface area contributed by atoms with Gasteiger partial charge in [-0.2, -0.15) is 15.0 Å². The largest absolute Gasteiger partial charge is 0.354 e. The lowest BCUT2D eigenvalue weighted by Crippen LogP contribution is -2.18. The summed E-state index contributed by atoms with van der Waals surface area (Å²) in [5.41, 5.74) is 2.45. The number of hydrogen-bond donors (Lipinski definition) is 3. The Morgan fingerprint density at radius 1 is 1.20 bits per heavy atom. The van der Waals surface area contributed by atoms with Crippen LogP contribution in [0, 0.1) is 5.92 Å². The van der Waals surface area contributed by atoms with Gasteiger partial charge in [0.15, 0.2) is 0 Å². The molecule has 0 amide bonds. The summed E-state index contributed by atoms with van der Waals surface area (Å²) in [5, 5.41) is 3.23. The Hall–Kier alpha value is -2.22. The Balaban J connectivity index is 2.18. The fraction of sp³-hybridized carbons (Fsp3) is 0.500. The summed E-state index contributed by atoms with van der Waals surface area (Å²) < 4.78 is 1.70. The Labute approximate surface area is 117 Å². The lowest BCUT2D eigenvalue weighted by atomic mass is 10.0. The molecule has 0 aliphatic heterocycles. The molecular weight excluding hydrogens is 256 g/mol. The van der Waals surface area contributed by atoms with E-state index in [4.69, 9.17) is 5.84 Å². The van der Waals surface area contributed by atoms with Gasteiger partial charge in [-0.1, -0.05) is 26.7 Å². The van der Waals surface area contributed by atoms with E-state index in [0.29, 0.717) is 23.8 Å². The molecule has 2 rings (SSSR count). The number of nitrogens with two attached hydrogens (primary N) is 1. The summed E-state index contributed by atoms with van der Waals surface area (Å²) in [5.74, 6) is 7.28. The van der Waals surface area contributed by atoms with Crippen LogP contribution < -0.4 is 16.6 Å². The minimum absolute atomic E-state index is 0.316.